The Bertz CT molecular complexity index is 155. The Kier molecular flexibility index (Phi) is 4.29. The highest BCUT2D eigenvalue weighted by atomic mass is 32.2. The number of primary amides is 1. The van der Waals surface area contributed by atoms with Crippen LogP contribution in [-0.2, 0) is 15.9 Å². The molecular formula is C6H13NO3S. The summed E-state index contributed by atoms with van der Waals surface area (Å²) >= 11 is -2.13. The van der Waals surface area contributed by atoms with Crippen molar-refractivity contribution < 1.29 is 13.6 Å². The first-order chi connectivity index (χ1) is 4.95. The van der Waals surface area contributed by atoms with Gasteiger partial charge in [0.05, 0.1) is 0 Å². The fraction of sp³-hybridized carbons (Fsp3) is 0.833. The third-order valence-electron chi connectivity index (χ3n) is 1.25. The number of hydrogen-bond acceptors (Lipinski definition) is 2. The van der Waals surface area contributed by atoms with Crippen molar-refractivity contribution in [2.45, 2.75) is 25.5 Å². The van der Waals surface area contributed by atoms with Gasteiger partial charge in [-0.2, -0.15) is 0 Å². The number of nitrogens with two attached hydrogens (primary N) is 1. The first-order valence-corrected chi connectivity index (χ1v) is 4.51. The molecule has 0 aliphatic carbocycles. The molecule has 0 radical (unpaired) electrons. The summed E-state index contributed by atoms with van der Waals surface area (Å²) in [4.78, 5) is 10.5. The predicted octanol–water partition coefficient (Wildman–Crippen LogP) is 0.108. The number of hydrogen-bond donors (Lipinski definition) is 2. The van der Waals surface area contributed by atoms with E-state index in [1.165, 1.54) is 0 Å². The molecule has 4 nitrogen and oxygen atoms in total. The van der Waals surface area contributed by atoms with Gasteiger partial charge in [0.25, 0.3) is 0 Å². The van der Waals surface area contributed by atoms with Gasteiger partial charge in [-0.25, -0.2) is 4.21 Å². The van der Waals surface area contributed by atoms with Gasteiger partial charge in [-0.15, -0.1) is 0 Å². The fourth-order valence-corrected chi connectivity index (χ4v) is 1.47. The van der Waals surface area contributed by atoms with Crippen molar-refractivity contribution in [2.75, 3.05) is 0 Å². The maximum atomic E-state index is 10.5. The summed E-state index contributed by atoms with van der Waals surface area (Å²) in [6.07, 6.45) is 0.360. The molecule has 0 aliphatic rings. The van der Waals surface area contributed by atoms with Crippen LogP contribution in [0.15, 0.2) is 0 Å². The molecule has 0 heterocycles. The minimum Gasteiger partial charge on any atom is -0.369 e. The van der Waals surface area contributed by atoms with Crippen molar-refractivity contribution in [3.63, 3.8) is 0 Å². The lowest BCUT2D eigenvalue weighted by molar-refractivity contribution is -0.117. The molecule has 0 spiro atoms. The molecule has 0 aliphatic heterocycles. The van der Waals surface area contributed by atoms with Crippen LogP contribution in [0.1, 0.15) is 20.3 Å². The largest absolute Gasteiger partial charge is 0.369 e. The molecule has 0 bridgehead atoms. The first-order valence-electron chi connectivity index (χ1n) is 3.34. The summed E-state index contributed by atoms with van der Waals surface area (Å²) in [5.41, 5.74) is 4.89. The van der Waals surface area contributed by atoms with Crippen molar-refractivity contribution in [1.82, 2.24) is 0 Å². The molecule has 0 aromatic carbocycles. The Balaban J connectivity index is 4.12. The van der Waals surface area contributed by atoms with Gasteiger partial charge in [0, 0.05) is 0 Å². The average molecular weight is 179 g/mol. The van der Waals surface area contributed by atoms with Crippen molar-refractivity contribution in [2.24, 2.45) is 11.7 Å². The van der Waals surface area contributed by atoms with Crippen molar-refractivity contribution in [3.05, 3.63) is 0 Å². The molecule has 0 aromatic heterocycles. The Hall–Kier alpha value is -0.420. The van der Waals surface area contributed by atoms with Crippen LogP contribution >= 0.6 is 0 Å². The third-order valence-corrected chi connectivity index (χ3v) is 2.16. The van der Waals surface area contributed by atoms with Crippen molar-refractivity contribution in [1.29, 1.82) is 0 Å². The highest BCUT2D eigenvalue weighted by molar-refractivity contribution is 7.80. The van der Waals surface area contributed by atoms with Gasteiger partial charge in [-0.05, 0) is 12.3 Å². The molecule has 1 amide bonds. The molecular weight excluding hydrogens is 166 g/mol. The molecule has 0 aromatic rings. The fourth-order valence-electron chi connectivity index (χ4n) is 0.726. The Labute approximate surface area is 68.4 Å². The normalized spacial score (nSPS) is 16.4. The monoisotopic (exact) mass is 179 g/mol. The van der Waals surface area contributed by atoms with Crippen molar-refractivity contribution >= 4 is 17.0 Å². The predicted molar refractivity (Wildman–Crippen MR) is 43.2 cm³/mol. The van der Waals surface area contributed by atoms with Gasteiger partial charge < -0.3 is 10.3 Å². The van der Waals surface area contributed by atoms with E-state index in [1.54, 1.807) is 0 Å². The lowest BCUT2D eigenvalue weighted by Crippen LogP contribution is -2.33. The number of rotatable bonds is 4. The lowest BCUT2D eigenvalue weighted by Gasteiger charge is -2.10. The first kappa shape index (κ1) is 10.6. The minimum atomic E-state index is -2.13. The van der Waals surface area contributed by atoms with Gasteiger partial charge in [0.2, 0.25) is 5.91 Å². The second-order valence-electron chi connectivity index (χ2n) is 2.80. The zero-order valence-corrected chi connectivity index (χ0v) is 7.43. The molecule has 0 saturated carbocycles. The average Bonchev–Trinajstić information content (AvgIpc) is 1.81. The summed E-state index contributed by atoms with van der Waals surface area (Å²) in [6.45, 7) is 3.73. The van der Waals surface area contributed by atoms with E-state index in [4.69, 9.17) is 10.3 Å². The summed E-state index contributed by atoms with van der Waals surface area (Å²) in [5.74, 6) is -0.511. The molecule has 1 unspecified atom stereocenters. The molecule has 66 valence electrons. The van der Waals surface area contributed by atoms with E-state index >= 15 is 0 Å². The topological polar surface area (TPSA) is 80.4 Å². The van der Waals surface area contributed by atoms with Crippen LogP contribution in [0.25, 0.3) is 0 Å². The molecule has 11 heavy (non-hydrogen) atoms. The van der Waals surface area contributed by atoms with Crippen molar-refractivity contribution in [3.8, 4) is 0 Å². The summed E-state index contributed by atoms with van der Waals surface area (Å²) in [5, 5.41) is -0.921. The Morgan fingerprint density at radius 1 is 1.64 bits per heavy atom. The maximum absolute atomic E-state index is 10.5. The van der Waals surface area contributed by atoms with Crippen LogP contribution in [0.5, 0.6) is 0 Å². The zero-order valence-electron chi connectivity index (χ0n) is 6.61. The van der Waals surface area contributed by atoms with Crippen LogP contribution in [0.4, 0.5) is 0 Å². The summed E-state index contributed by atoms with van der Waals surface area (Å²) in [6, 6.07) is 0. The molecule has 0 rings (SSSR count). The van der Waals surface area contributed by atoms with Crippen LogP contribution in [-0.4, -0.2) is 19.9 Å². The quantitative estimate of drug-likeness (QED) is 0.601. The number of amides is 1. The summed E-state index contributed by atoms with van der Waals surface area (Å²) < 4.78 is 19.1. The van der Waals surface area contributed by atoms with Gasteiger partial charge in [0.15, 0.2) is 11.1 Å². The molecule has 0 fully saturated rings. The second kappa shape index (κ2) is 4.46. The minimum absolute atomic E-state index is 0.198. The van der Waals surface area contributed by atoms with Crippen LogP contribution in [0, 0.1) is 5.92 Å². The lowest BCUT2D eigenvalue weighted by atomic mass is 10.1. The number of carbonyl (C=O) groups excluding carboxylic acids is 1. The standard InChI is InChI=1S/C6H13NO3S/c1-4(2)3-5(6(7)8)11(9)10/h4-5H,3H2,1-2H3,(H2,7,8)(H,9,10)/t5-/m1/s1. The van der Waals surface area contributed by atoms with E-state index in [9.17, 15) is 9.00 Å². The number of carbonyl (C=O) groups is 1. The second-order valence-corrected chi connectivity index (χ2v) is 3.92. The van der Waals surface area contributed by atoms with Crippen LogP contribution < -0.4 is 5.73 Å². The van der Waals surface area contributed by atoms with E-state index in [1.807, 2.05) is 13.8 Å². The van der Waals surface area contributed by atoms with Gasteiger partial charge in [0.1, 0.15) is 5.25 Å². The van der Waals surface area contributed by atoms with E-state index in [-0.39, 0.29) is 5.92 Å². The smallest absolute Gasteiger partial charge is 0.235 e. The van der Waals surface area contributed by atoms with Crippen LogP contribution in [0.3, 0.4) is 0 Å². The van der Waals surface area contributed by atoms with Gasteiger partial charge in [-0.1, -0.05) is 13.8 Å². The van der Waals surface area contributed by atoms with E-state index in [0.717, 1.165) is 0 Å². The van der Waals surface area contributed by atoms with Gasteiger partial charge in [-0.3, -0.25) is 4.79 Å². The zero-order chi connectivity index (χ0) is 9.02. The van der Waals surface area contributed by atoms with E-state index in [0.29, 0.717) is 6.42 Å². The molecule has 2 atom stereocenters. The Morgan fingerprint density at radius 3 is 2.18 bits per heavy atom. The molecule has 0 saturated heterocycles. The molecule has 3 N–H and O–H groups in total. The van der Waals surface area contributed by atoms with Gasteiger partial charge >= 0.3 is 0 Å². The highest BCUT2D eigenvalue weighted by Gasteiger charge is 2.22. The Morgan fingerprint density at radius 2 is 2.09 bits per heavy atom. The van der Waals surface area contributed by atoms with E-state index < -0.39 is 22.2 Å². The van der Waals surface area contributed by atoms with E-state index in [2.05, 4.69) is 0 Å². The summed E-state index contributed by atoms with van der Waals surface area (Å²) in [7, 11) is 0. The van der Waals surface area contributed by atoms with Crippen LogP contribution in [0.2, 0.25) is 0 Å². The maximum Gasteiger partial charge on any atom is 0.235 e. The highest BCUT2D eigenvalue weighted by Crippen LogP contribution is 2.08. The molecule has 5 heteroatoms. The third kappa shape index (κ3) is 4.10. The SMILES string of the molecule is CC(C)C[C@H](C(N)=O)S(=O)O.